The topological polar surface area (TPSA) is 76.2 Å². The molecule has 0 radical (unpaired) electrons. The number of anilines is 1. The number of carboxylic acids is 1. The molecule has 0 aliphatic carbocycles. The Morgan fingerprint density at radius 1 is 1.60 bits per heavy atom. The van der Waals surface area contributed by atoms with E-state index in [9.17, 15) is 18.0 Å². The maximum Gasteiger partial charge on any atom is 0.307 e. The number of nitrogens with two attached hydrogens (primary N) is 1. The van der Waals surface area contributed by atoms with Crippen molar-refractivity contribution in [2.24, 2.45) is 0 Å². The Morgan fingerprint density at radius 3 is 2.67 bits per heavy atom. The Balaban J connectivity index is 3.21. The van der Waals surface area contributed by atoms with Crippen LogP contribution >= 0.6 is 0 Å². The van der Waals surface area contributed by atoms with Gasteiger partial charge in [0.2, 0.25) is 0 Å². The van der Waals surface area contributed by atoms with Crippen LogP contribution in [-0.4, -0.2) is 16.1 Å². The predicted octanol–water partition coefficient (Wildman–Crippen LogP) is 1.37. The van der Waals surface area contributed by atoms with E-state index >= 15 is 0 Å². The molecular weight excluding hydrogens is 213 g/mol. The minimum Gasteiger partial charge on any atom is -0.481 e. The van der Waals surface area contributed by atoms with E-state index in [1.165, 1.54) is 0 Å². The zero-order valence-corrected chi connectivity index (χ0v) is 7.38. The van der Waals surface area contributed by atoms with Gasteiger partial charge in [0.1, 0.15) is 11.5 Å². The minimum absolute atomic E-state index is 0.331. The van der Waals surface area contributed by atoms with Gasteiger partial charge >= 0.3 is 5.97 Å². The van der Waals surface area contributed by atoms with Crippen molar-refractivity contribution in [3.63, 3.8) is 0 Å². The van der Waals surface area contributed by atoms with Gasteiger partial charge in [-0.1, -0.05) is 0 Å². The largest absolute Gasteiger partial charge is 0.481 e. The number of halogens is 3. The summed E-state index contributed by atoms with van der Waals surface area (Å²) in [6.45, 7) is 0. The normalized spacial score (nSPS) is 10.7. The average molecular weight is 220 g/mol. The fourth-order valence-corrected chi connectivity index (χ4v) is 1.06. The van der Waals surface area contributed by atoms with Crippen LogP contribution in [0.5, 0.6) is 0 Å². The summed E-state index contributed by atoms with van der Waals surface area (Å²) in [4.78, 5) is 13.4. The monoisotopic (exact) mass is 220 g/mol. The lowest BCUT2D eigenvalue weighted by Crippen LogP contribution is -2.08. The summed E-state index contributed by atoms with van der Waals surface area (Å²) in [6.07, 6.45) is -3.83. The van der Waals surface area contributed by atoms with Gasteiger partial charge in [0.25, 0.3) is 6.43 Å². The molecule has 0 spiro atoms. The Hall–Kier alpha value is -1.79. The molecule has 0 aliphatic heterocycles. The number of aliphatic carboxylic acids is 1. The summed E-state index contributed by atoms with van der Waals surface area (Å²) in [5.74, 6) is -2.98. The molecule has 4 nitrogen and oxygen atoms in total. The number of nitrogens with zero attached hydrogens (tertiary/aromatic N) is 1. The molecule has 0 aliphatic rings. The van der Waals surface area contributed by atoms with E-state index in [1.807, 2.05) is 0 Å². The molecule has 0 fully saturated rings. The third kappa shape index (κ3) is 2.58. The van der Waals surface area contributed by atoms with E-state index in [0.29, 0.717) is 0 Å². The number of aromatic nitrogens is 1. The zero-order chi connectivity index (χ0) is 11.6. The number of carboxylic acid groups (broad SMARTS) is 1. The molecule has 0 amide bonds. The van der Waals surface area contributed by atoms with E-state index in [1.54, 1.807) is 0 Å². The van der Waals surface area contributed by atoms with Crippen molar-refractivity contribution in [2.45, 2.75) is 12.8 Å². The Morgan fingerprint density at radius 2 is 2.20 bits per heavy atom. The molecule has 1 heterocycles. The zero-order valence-electron chi connectivity index (χ0n) is 7.38. The first-order valence-corrected chi connectivity index (χ1v) is 3.86. The Bertz CT molecular complexity index is 396. The lowest BCUT2D eigenvalue weighted by atomic mass is 10.1. The highest BCUT2D eigenvalue weighted by atomic mass is 19.3. The number of alkyl halides is 2. The second-order valence-corrected chi connectivity index (χ2v) is 2.78. The Labute approximate surface area is 82.5 Å². The molecule has 1 rings (SSSR count). The molecule has 0 saturated heterocycles. The molecule has 3 N–H and O–H groups in total. The maximum absolute atomic E-state index is 13.2. The lowest BCUT2D eigenvalue weighted by Gasteiger charge is -2.06. The first kappa shape index (κ1) is 11.3. The number of pyridine rings is 1. The van der Waals surface area contributed by atoms with E-state index in [4.69, 9.17) is 10.8 Å². The smallest absolute Gasteiger partial charge is 0.307 e. The van der Waals surface area contributed by atoms with E-state index in [2.05, 4.69) is 4.98 Å². The van der Waals surface area contributed by atoms with Gasteiger partial charge in [-0.05, 0) is 6.07 Å². The van der Waals surface area contributed by atoms with E-state index in [-0.39, 0.29) is 5.82 Å². The molecular formula is C8H7F3N2O2. The van der Waals surface area contributed by atoms with Crippen LogP contribution in [0.4, 0.5) is 19.0 Å². The van der Waals surface area contributed by atoms with Crippen LogP contribution in [0.15, 0.2) is 6.07 Å². The summed E-state index contributed by atoms with van der Waals surface area (Å²) in [5.41, 5.74) is 3.62. The molecule has 0 saturated carbocycles. The molecule has 82 valence electrons. The maximum atomic E-state index is 13.2. The van der Waals surface area contributed by atoms with Gasteiger partial charge in [0.05, 0.1) is 6.42 Å². The second kappa shape index (κ2) is 4.16. The molecule has 1 aromatic heterocycles. The fraction of sp³-hybridized carbons (Fsp3) is 0.250. The highest BCUT2D eigenvalue weighted by Crippen LogP contribution is 2.24. The Kier molecular flexibility index (Phi) is 3.13. The van der Waals surface area contributed by atoms with Crippen molar-refractivity contribution < 1.29 is 23.1 Å². The van der Waals surface area contributed by atoms with Crippen LogP contribution in [-0.2, 0) is 11.2 Å². The van der Waals surface area contributed by atoms with Gasteiger partial charge in [-0.15, -0.1) is 0 Å². The average Bonchev–Trinajstić information content (AvgIpc) is 2.09. The van der Waals surface area contributed by atoms with Crippen molar-refractivity contribution in [1.29, 1.82) is 0 Å². The summed E-state index contributed by atoms with van der Waals surface area (Å²) in [5, 5.41) is 8.40. The van der Waals surface area contributed by atoms with Gasteiger partial charge < -0.3 is 10.8 Å². The highest BCUT2D eigenvalue weighted by Gasteiger charge is 2.20. The molecule has 1 aromatic rings. The quantitative estimate of drug-likeness (QED) is 0.806. The number of nitrogen functional groups attached to an aromatic ring is 1. The first-order valence-electron chi connectivity index (χ1n) is 3.86. The standard InChI is InChI=1S/C8H7F3N2O2/c9-6-3(2-5(14)15)1-4(12)13-7(6)8(10)11/h1,8H,2H2,(H2,12,13)(H,14,15). The molecule has 0 atom stereocenters. The molecule has 7 heteroatoms. The fourth-order valence-electron chi connectivity index (χ4n) is 1.06. The first-order chi connectivity index (χ1) is 6.91. The van der Waals surface area contributed by atoms with Gasteiger partial charge in [0, 0.05) is 5.56 Å². The summed E-state index contributed by atoms with van der Waals surface area (Å²) in [6, 6.07) is 0.926. The van der Waals surface area contributed by atoms with Crippen LogP contribution in [0.1, 0.15) is 17.7 Å². The highest BCUT2D eigenvalue weighted by molar-refractivity contribution is 5.70. The third-order valence-electron chi connectivity index (χ3n) is 1.63. The van der Waals surface area contributed by atoms with Crippen molar-refractivity contribution >= 4 is 11.8 Å². The number of hydrogen-bond acceptors (Lipinski definition) is 3. The summed E-state index contributed by atoms with van der Waals surface area (Å²) in [7, 11) is 0. The van der Waals surface area contributed by atoms with Crippen molar-refractivity contribution in [3.05, 3.63) is 23.1 Å². The molecule has 0 unspecified atom stereocenters. The van der Waals surface area contributed by atoms with Crippen LogP contribution in [0.3, 0.4) is 0 Å². The van der Waals surface area contributed by atoms with Crippen molar-refractivity contribution in [3.8, 4) is 0 Å². The van der Waals surface area contributed by atoms with Gasteiger partial charge in [-0.2, -0.15) is 0 Å². The van der Waals surface area contributed by atoms with Gasteiger partial charge in [0.15, 0.2) is 5.82 Å². The van der Waals surface area contributed by atoms with Crippen LogP contribution in [0.25, 0.3) is 0 Å². The lowest BCUT2D eigenvalue weighted by molar-refractivity contribution is -0.136. The van der Waals surface area contributed by atoms with Crippen molar-refractivity contribution in [1.82, 2.24) is 4.98 Å². The molecule has 15 heavy (non-hydrogen) atoms. The predicted molar refractivity (Wildman–Crippen MR) is 44.9 cm³/mol. The van der Waals surface area contributed by atoms with Crippen LogP contribution in [0.2, 0.25) is 0 Å². The van der Waals surface area contributed by atoms with Gasteiger partial charge in [-0.25, -0.2) is 18.2 Å². The SMILES string of the molecule is Nc1cc(CC(=O)O)c(F)c(C(F)F)n1. The number of hydrogen-bond donors (Lipinski definition) is 2. The second-order valence-electron chi connectivity index (χ2n) is 2.78. The molecule has 0 bridgehead atoms. The van der Waals surface area contributed by atoms with E-state index < -0.39 is 35.9 Å². The number of carbonyl (C=O) groups is 1. The third-order valence-corrected chi connectivity index (χ3v) is 1.63. The summed E-state index contributed by atoms with van der Waals surface area (Å²) >= 11 is 0. The minimum atomic E-state index is -3.12. The van der Waals surface area contributed by atoms with E-state index in [0.717, 1.165) is 6.07 Å². The molecule has 0 aromatic carbocycles. The summed E-state index contributed by atoms with van der Waals surface area (Å²) < 4.78 is 37.6. The number of rotatable bonds is 3. The van der Waals surface area contributed by atoms with Gasteiger partial charge in [-0.3, -0.25) is 4.79 Å². The van der Waals surface area contributed by atoms with Crippen LogP contribution in [0, 0.1) is 5.82 Å². The van der Waals surface area contributed by atoms with Crippen LogP contribution < -0.4 is 5.73 Å². The van der Waals surface area contributed by atoms with Crippen molar-refractivity contribution in [2.75, 3.05) is 5.73 Å².